The van der Waals surface area contributed by atoms with Gasteiger partial charge >= 0.3 is 5.97 Å². The van der Waals surface area contributed by atoms with E-state index in [2.05, 4.69) is 0 Å². The zero-order valence-electron chi connectivity index (χ0n) is 13.3. The molecule has 4 atom stereocenters. The molecule has 22 heavy (non-hydrogen) atoms. The molecule has 6 heteroatoms. The highest BCUT2D eigenvalue weighted by molar-refractivity contribution is 8.13. The van der Waals surface area contributed by atoms with Crippen molar-refractivity contribution in [3.05, 3.63) is 0 Å². The van der Waals surface area contributed by atoms with Gasteiger partial charge in [-0.2, -0.15) is 0 Å². The fraction of sp³-hybridized carbons (Fsp3) is 0.812. The van der Waals surface area contributed by atoms with Crippen LogP contribution in [0.1, 0.15) is 52.4 Å². The van der Waals surface area contributed by atoms with E-state index >= 15 is 0 Å². The number of hydrogen-bond donors (Lipinski definition) is 1. The van der Waals surface area contributed by atoms with E-state index in [0.29, 0.717) is 18.1 Å². The summed E-state index contributed by atoms with van der Waals surface area (Å²) in [6, 6.07) is -0.627. The Bertz CT molecular complexity index is 453. The Morgan fingerprint density at radius 3 is 2.50 bits per heavy atom. The lowest BCUT2D eigenvalue weighted by molar-refractivity contribution is -0.159. The summed E-state index contributed by atoms with van der Waals surface area (Å²) in [5.74, 6) is -0.451. The smallest absolute Gasteiger partial charge is 0.326 e. The van der Waals surface area contributed by atoms with Crippen molar-refractivity contribution in [3.8, 4) is 0 Å². The van der Waals surface area contributed by atoms with Crippen LogP contribution in [0.25, 0.3) is 0 Å². The summed E-state index contributed by atoms with van der Waals surface area (Å²) in [6.07, 6.45) is 5.70. The normalized spacial score (nSPS) is 29.5. The van der Waals surface area contributed by atoms with Crippen LogP contribution in [-0.2, 0) is 14.4 Å². The highest BCUT2D eigenvalue weighted by atomic mass is 32.2. The number of likely N-dealkylation sites (tertiary alicyclic amines) is 1. The summed E-state index contributed by atoms with van der Waals surface area (Å²) >= 11 is 1.14. The van der Waals surface area contributed by atoms with Crippen LogP contribution >= 0.6 is 11.8 Å². The van der Waals surface area contributed by atoms with Gasteiger partial charge in [0.25, 0.3) is 0 Å². The monoisotopic (exact) mass is 327 g/mol. The van der Waals surface area contributed by atoms with Crippen LogP contribution < -0.4 is 0 Å². The molecule has 5 nitrogen and oxygen atoms in total. The zero-order chi connectivity index (χ0) is 16.3. The molecular formula is C16H25NO4S. The zero-order valence-corrected chi connectivity index (χ0v) is 14.1. The van der Waals surface area contributed by atoms with E-state index in [1.54, 1.807) is 11.8 Å². The molecular weight excluding hydrogens is 302 g/mol. The van der Waals surface area contributed by atoms with E-state index in [0.717, 1.165) is 37.4 Å². The summed E-state index contributed by atoms with van der Waals surface area (Å²) in [4.78, 5) is 37.1. The van der Waals surface area contributed by atoms with Crippen molar-refractivity contribution in [2.75, 3.05) is 5.75 Å². The lowest BCUT2D eigenvalue weighted by atomic mass is 9.76. The van der Waals surface area contributed by atoms with Crippen molar-refractivity contribution >= 4 is 28.8 Å². The van der Waals surface area contributed by atoms with Crippen LogP contribution in [0, 0.1) is 11.8 Å². The molecule has 0 aromatic rings. The molecule has 1 amide bonds. The van der Waals surface area contributed by atoms with Crippen molar-refractivity contribution in [3.63, 3.8) is 0 Å². The molecule has 1 saturated carbocycles. The van der Waals surface area contributed by atoms with Crippen LogP contribution in [0.5, 0.6) is 0 Å². The summed E-state index contributed by atoms with van der Waals surface area (Å²) in [6.45, 7) is 3.28. The van der Waals surface area contributed by atoms with Crippen molar-refractivity contribution in [2.24, 2.45) is 11.8 Å². The average Bonchev–Trinajstić information content (AvgIpc) is 2.50. The van der Waals surface area contributed by atoms with Gasteiger partial charge in [-0.05, 0) is 31.6 Å². The molecule has 0 bridgehead atoms. The number of aliphatic carboxylic acids is 1. The maximum Gasteiger partial charge on any atom is 0.326 e. The first-order valence-corrected chi connectivity index (χ1v) is 9.08. The van der Waals surface area contributed by atoms with E-state index in [4.69, 9.17) is 0 Å². The highest BCUT2D eigenvalue weighted by Crippen LogP contribution is 2.38. The minimum atomic E-state index is -0.899. The maximum absolute atomic E-state index is 12.8. The Morgan fingerprint density at radius 1 is 1.18 bits per heavy atom. The van der Waals surface area contributed by atoms with Crippen molar-refractivity contribution < 1.29 is 19.5 Å². The van der Waals surface area contributed by atoms with Gasteiger partial charge in [0.1, 0.15) is 6.04 Å². The molecule has 0 radical (unpaired) electrons. The number of piperidine rings is 1. The predicted octanol–water partition coefficient (Wildman–Crippen LogP) is 2.54. The van der Waals surface area contributed by atoms with Crippen molar-refractivity contribution in [1.82, 2.24) is 4.90 Å². The first kappa shape index (κ1) is 17.3. The van der Waals surface area contributed by atoms with E-state index in [1.165, 1.54) is 13.3 Å². The third kappa shape index (κ3) is 3.83. The summed E-state index contributed by atoms with van der Waals surface area (Å²) < 4.78 is 0. The Hall–Kier alpha value is -1.04. The second kappa shape index (κ2) is 7.49. The van der Waals surface area contributed by atoms with Gasteiger partial charge in [0.15, 0.2) is 5.12 Å². The van der Waals surface area contributed by atoms with E-state index in [9.17, 15) is 19.5 Å². The van der Waals surface area contributed by atoms with Crippen LogP contribution in [0.2, 0.25) is 0 Å². The fourth-order valence-corrected chi connectivity index (χ4v) is 4.39. The minimum Gasteiger partial charge on any atom is -0.480 e. The maximum atomic E-state index is 12.8. The standard InChI is InChI=1S/C16H25NO4S/c1-10(9-22-11(2)18)15(19)17-13-6-4-3-5-12(13)7-8-14(17)16(20)21/h10,12-14H,3-9H2,1-2H3,(H,20,21). The lowest BCUT2D eigenvalue weighted by Crippen LogP contribution is -2.58. The first-order chi connectivity index (χ1) is 10.4. The number of nitrogens with zero attached hydrogens (tertiary/aromatic N) is 1. The van der Waals surface area contributed by atoms with Gasteiger partial charge in [-0.3, -0.25) is 9.59 Å². The van der Waals surface area contributed by atoms with Gasteiger partial charge in [-0.15, -0.1) is 0 Å². The molecule has 0 aromatic heterocycles. The quantitative estimate of drug-likeness (QED) is 0.859. The van der Waals surface area contributed by atoms with Gasteiger partial charge in [-0.1, -0.05) is 31.5 Å². The Kier molecular flexibility index (Phi) is 5.89. The third-order valence-electron chi connectivity index (χ3n) is 4.87. The molecule has 1 saturated heterocycles. The molecule has 0 spiro atoms. The molecule has 1 aliphatic carbocycles. The fourth-order valence-electron chi connectivity index (χ4n) is 3.76. The molecule has 0 aromatic carbocycles. The molecule has 1 aliphatic heterocycles. The molecule has 2 rings (SSSR count). The van der Waals surface area contributed by atoms with Crippen molar-refractivity contribution in [2.45, 2.75) is 64.5 Å². The van der Waals surface area contributed by atoms with E-state index < -0.39 is 12.0 Å². The number of amides is 1. The highest BCUT2D eigenvalue weighted by Gasteiger charge is 2.44. The lowest BCUT2D eigenvalue weighted by Gasteiger charge is -2.48. The van der Waals surface area contributed by atoms with E-state index in [1.807, 2.05) is 0 Å². The number of fused-ring (bicyclic) bond motifs is 1. The van der Waals surface area contributed by atoms with Gasteiger partial charge in [0.2, 0.25) is 5.91 Å². The summed E-state index contributed by atoms with van der Waals surface area (Å²) in [5.41, 5.74) is 0. The summed E-state index contributed by atoms with van der Waals surface area (Å²) in [5, 5.41) is 9.48. The molecule has 2 fully saturated rings. The minimum absolute atomic E-state index is 0.0105. The Labute approximate surface area is 135 Å². The number of thioether (sulfide) groups is 1. The number of hydrogen-bond acceptors (Lipinski definition) is 4. The predicted molar refractivity (Wildman–Crippen MR) is 85.6 cm³/mol. The van der Waals surface area contributed by atoms with Gasteiger partial charge in [-0.25, -0.2) is 4.79 Å². The third-order valence-corrected chi connectivity index (χ3v) is 5.94. The van der Waals surface area contributed by atoms with Crippen LogP contribution in [0.3, 0.4) is 0 Å². The SMILES string of the molecule is CC(=O)SCC(C)C(=O)N1C(C(=O)O)CCC2CCCCC21. The van der Waals surface area contributed by atoms with Gasteiger partial charge in [0.05, 0.1) is 0 Å². The molecule has 1 N–H and O–H groups in total. The first-order valence-electron chi connectivity index (χ1n) is 8.10. The number of carbonyl (C=O) groups excluding carboxylic acids is 2. The van der Waals surface area contributed by atoms with Gasteiger partial charge in [0, 0.05) is 24.6 Å². The topological polar surface area (TPSA) is 74.7 Å². The van der Waals surface area contributed by atoms with Crippen LogP contribution in [0.15, 0.2) is 0 Å². The van der Waals surface area contributed by atoms with Crippen LogP contribution in [-0.4, -0.2) is 44.8 Å². The van der Waals surface area contributed by atoms with Crippen LogP contribution in [0.4, 0.5) is 0 Å². The molecule has 4 unspecified atom stereocenters. The van der Waals surface area contributed by atoms with Gasteiger partial charge < -0.3 is 10.0 Å². The second-order valence-electron chi connectivity index (χ2n) is 6.49. The van der Waals surface area contributed by atoms with E-state index in [-0.39, 0.29) is 23.0 Å². The molecule has 124 valence electrons. The second-order valence-corrected chi connectivity index (χ2v) is 7.69. The Morgan fingerprint density at radius 2 is 1.86 bits per heavy atom. The number of carbonyl (C=O) groups is 3. The largest absolute Gasteiger partial charge is 0.480 e. The summed E-state index contributed by atoms with van der Waals surface area (Å²) in [7, 11) is 0. The van der Waals surface area contributed by atoms with Crippen molar-refractivity contribution in [1.29, 1.82) is 0 Å². The Balaban J connectivity index is 2.14. The number of carboxylic acids is 1. The molecule has 1 heterocycles. The number of carboxylic acid groups (broad SMARTS) is 1. The molecule has 2 aliphatic rings. The average molecular weight is 327 g/mol. The number of rotatable bonds is 4.